The van der Waals surface area contributed by atoms with Crippen LogP contribution >= 0.6 is 11.6 Å². The van der Waals surface area contributed by atoms with E-state index < -0.39 is 23.6 Å². The Balaban J connectivity index is 1.77. The zero-order valence-corrected chi connectivity index (χ0v) is 16.6. The Hall–Kier alpha value is -2.80. The van der Waals surface area contributed by atoms with Crippen molar-refractivity contribution >= 4 is 34.7 Å². The van der Waals surface area contributed by atoms with Gasteiger partial charge in [-0.05, 0) is 61.2 Å². The zero-order chi connectivity index (χ0) is 21.5. The monoisotopic (exact) mass is 434 g/mol. The molecule has 0 unspecified atom stereocenters. The highest BCUT2D eigenvalue weighted by atomic mass is 35.5. The quantitative estimate of drug-likeness (QED) is 0.629. The van der Waals surface area contributed by atoms with E-state index in [1.807, 2.05) is 4.90 Å². The van der Waals surface area contributed by atoms with E-state index in [1.165, 1.54) is 0 Å². The van der Waals surface area contributed by atoms with Crippen molar-refractivity contribution in [3.63, 3.8) is 0 Å². The van der Waals surface area contributed by atoms with Gasteiger partial charge in [0.15, 0.2) is 0 Å². The molecule has 2 aromatic carbocycles. The largest absolute Gasteiger partial charge is 0.416 e. The first kappa shape index (κ1) is 20.5. The van der Waals surface area contributed by atoms with Crippen LogP contribution in [0.5, 0.6) is 0 Å². The first-order chi connectivity index (χ1) is 14.3. The minimum atomic E-state index is -4.50. The van der Waals surface area contributed by atoms with Crippen LogP contribution in [0.1, 0.15) is 30.4 Å². The molecule has 1 fully saturated rings. The second kappa shape index (κ2) is 7.80. The van der Waals surface area contributed by atoms with Gasteiger partial charge in [-0.25, -0.2) is 4.90 Å². The normalized spacial score (nSPS) is 17.9. The molecule has 0 saturated carbocycles. The van der Waals surface area contributed by atoms with Crippen LogP contribution in [0.2, 0.25) is 5.02 Å². The molecule has 0 N–H and O–H groups in total. The lowest BCUT2D eigenvalue weighted by Crippen LogP contribution is -2.37. The molecule has 156 valence electrons. The number of rotatable bonds is 3. The molecule has 0 bridgehead atoms. The van der Waals surface area contributed by atoms with Gasteiger partial charge in [0.05, 0.1) is 16.8 Å². The number of hydrogen-bond acceptors (Lipinski definition) is 3. The van der Waals surface area contributed by atoms with Gasteiger partial charge in [0, 0.05) is 18.1 Å². The average Bonchev–Trinajstić information content (AvgIpc) is 2.99. The van der Waals surface area contributed by atoms with Crippen molar-refractivity contribution < 1.29 is 22.8 Å². The summed E-state index contributed by atoms with van der Waals surface area (Å²) < 4.78 is 38.7. The van der Waals surface area contributed by atoms with Gasteiger partial charge in [-0.15, -0.1) is 0 Å². The molecule has 0 spiro atoms. The van der Waals surface area contributed by atoms with Gasteiger partial charge >= 0.3 is 6.18 Å². The number of likely N-dealkylation sites (tertiary alicyclic amines) is 1. The summed E-state index contributed by atoms with van der Waals surface area (Å²) in [5, 5.41) is 0.496. The zero-order valence-electron chi connectivity index (χ0n) is 15.9. The van der Waals surface area contributed by atoms with Gasteiger partial charge in [-0.3, -0.25) is 9.59 Å². The molecule has 2 amide bonds. The maximum Gasteiger partial charge on any atom is 0.416 e. The van der Waals surface area contributed by atoms with Crippen molar-refractivity contribution in [2.45, 2.75) is 25.4 Å². The summed E-state index contributed by atoms with van der Waals surface area (Å²) in [6.45, 7) is 1.29. The lowest BCUT2D eigenvalue weighted by atomic mass is 10.0. The molecular formula is C22H18ClF3N2O2. The highest BCUT2D eigenvalue weighted by molar-refractivity contribution is 6.45. The number of imide groups is 1. The molecule has 2 aliphatic heterocycles. The summed E-state index contributed by atoms with van der Waals surface area (Å²) >= 11 is 5.96. The third-order valence-corrected chi connectivity index (χ3v) is 5.57. The Morgan fingerprint density at radius 2 is 1.40 bits per heavy atom. The summed E-state index contributed by atoms with van der Waals surface area (Å²) in [5.74, 6) is -1.07. The number of nitrogens with zero attached hydrogens (tertiary/aromatic N) is 2. The van der Waals surface area contributed by atoms with Crippen molar-refractivity contribution in [3.05, 3.63) is 70.4 Å². The Morgan fingerprint density at radius 1 is 0.800 bits per heavy atom. The highest BCUT2D eigenvalue weighted by Gasteiger charge is 2.43. The van der Waals surface area contributed by atoms with Crippen LogP contribution in [0.15, 0.2) is 54.2 Å². The molecule has 0 atom stereocenters. The van der Waals surface area contributed by atoms with Gasteiger partial charge < -0.3 is 4.90 Å². The molecule has 0 aliphatic carbocycles. The molecule has 8 heteroatoms. The summed E-state index contributed by atoms with van der Waals surface area (Å²) in [6.07, 6.45) is -1.65. The third kappa shape index (κ3) is 3.69. The van der Waals surface area contributed by atoms with Crippen LogP contribution < -0.4 is 4.90 Å². The Bertz CT molecular complexity index is 1010. The lowest BCUT2D eigenvalue weighted by Gasteiger charge is -2.29. The standard InChI is InChI=1S/C22H18ClF3N2O2/c23-16-8-4-14(5-9-16)18-19(27-12-2-1-3-13-27)21(30)28(20(18)29)17-10-6-15(7-11-17)22(24,25)26/h4-11H,1-3,12-13H2. The summed E-state index contributed by atoms with van der Waals surface area (Å²) in [6, 6.07) is 10.7. The van der Waals surface area contributed by atoms with Crippen LogP contribution in [-0.4, -0.2) is 29.8 Å². The fraction of sp³-hybridized carbons (Fsp3) is 0.273. The van der Waals surface area contributed by atoms with E-state index in [4.69, 9.17) is 11.6 Å². The van der Waals surface area contributed by atoms with Gasteiger partial charge in [-0.1, -0.05) is 23.7 Å². The third-order valence-electron chi connectivity index (χ3n) is 5.32. The second-order valence-electron chi connectivity index (χ2n) is 7.27. The number of carbonyl (C=O) groups excluding carboxylic acids is 2. The van der Waals surface area contributed by atoms with Crippen molar-refractivity contribution in [2.24, 2.45) is 0 Å². The minimum Gasteiger partial charge on any atom is -0.366 e. The number of carbonyl (C=O) groups is 2. The molecular weight excluding hydrogens is 417 g/mol. The van der Waals surface area contributed by atoms with E-state index >= 15 is 0 Å². The molecule has 1 saturated heterocycles. The topological polar surface area (TPSA) is 40.6 Å². The first-order valence-electron chi connectivity index (χ1n) is 9.58. The molecule has 2 heterocycles. The summed E-state index contributed by atoms with van der Waals surface area (Å²) in [4.78, 5) is 29.5. The van der Waals surface area contributed by atoms with Crippen molar-refractivity contribution in [3.8, 4) is 0 Å². The molecule has 4 rings (SSSR count). The SMILES string of the molecule is O=C1C(c2ccc(Cl)cc2)=C(N2CCCCC2)C(=O)N1c1ccc(C(F)(F)F)cc1. The van der Waals surface area contributed by atoms with E-state index in [0.717, 1.165) is 48.4 Å². The van der Waals surface area contributed by atoms with Gasteiger partial charge in [0.2, 0.25) is 0 Å². The molecule has 2 aromatic rings. The van der Waals surface area contributed by atoms with Crippen molar-refractivity contribution in [2.75, 3.05) is 18.0 Å². The number of amides is 2. The fourth-order valence-electron chi connectivity index (χ4n) is 3.84. The predicted molar refractivity (Wildman–Crippen MR) is 108 cm³/mol. The number of hydrogen-bond donors (Lipinski definition) is 0. The van der Waals surface area contributed by atoms with E-state index in [0.29, 0.717) is 29.4 Å². The molecule has 30 heavy (non-hydrogen) atoms. The molecule has 4 nitrogen and oxygen atoms in total. The number of piperidine rings is 1. The Kier molecular flexibility index (Phi) is 5.32. The molecule has 0 aromatic heterocycles. The van der Waals surface area contributed by atoms with Crippen LogP contribution in [0.4, 0.5) is 18.9 Å². The van der Waals surface area contributed by atoms with E-state index in [2.05, 4.69) is 0 Å². The number of anilines is 1. The van der Waals surface area contributed by atoms with Crippen molar-refractivity contribution in [1.29, 1.82) is 0 Å². The van der Waals surface area contributed by atoms with E-state index in [1.54, 1.807) is 24.3 Å². The maximum atomic E-state index is 13.3. The lowest BCUT2D eigenvalue weighted by molar-refractivity contribution is -0.137. The van der Waals surface area contributed by atoms with Crippen LogP contribution in [0.3, 0.4) is 0 Å². The molecule has 0 radical (unpaired) electrons. The molecule has 2 aliphatic rings. The fourth-order valence-corrected chi connectivity index (χ4v) is 3.97. The van der Waals surface area contributed by atoms with Gasteiger partial charge in [-0.2, -0.15) is 13.2 Å². The number of halogens is 4. The van der Waals surface area contributed by atoms with E-state index in [-0.39, 0.29) is 11.3 Å². The Morgan fingerprint density at radius 3 is 1.97 bits per heavy atom. The summed E-state index contributed by atoms with van der Waals surface area (Å²) in [5.41, 5.74) is 0.358. The predicted octanol–water partition coefficient (Wildman–Crippen LogP) is 5.13. The van der Waals surface area contributed by atoms with E-state index in [9.17, 15) is 22.8 Å². The highest BCUT2D eigenvalue weighted by Crippen LogP contribution is 2.37. The number of benzene rings is 2. The first-order valence-corrected chi connectivity index (χ1v) is 9.96. The van der Waals surface area contributed by atoms with Crippen LogP contribution in [-0.2, 0) is 15.8 Å². The second-order valence-corrected chi connectivity index (χ2v) is 7.70. The number of alkyl halides is 3. The van der Waals surface area contributed by atoms with Crippen LogP contribution in [0, 0.1) is 0 Å². The maximum absolute atomic E-state index is 13.3. The van der Waals surface area contributed by atoms with Crippen molar-refractivity contribution in [1.82, 2.24) is 4.90 Å². The van der Waals surface area contributed by atoms with Gasteiger partial charge in [0.25, 0.3) is 11.8 Å². The summed E-state index contributed by atoms with van der Waals surface area (Å²) in [7, 11) is 0. The van der Waals surface area contributed by atoms with Gasteiger partial charge in [0.1, 0.15) is 5.70 Å². The Labute approximate surface area is 176 Å². The van der Waals surface area contributed by atoms with Crippen LogP contribution in [0.25, 0.3) is 5.57 Å². The minimum absolute atomic E-state index is 0.108. The average molecular weight is 435 g/mol. The smallest absolute Gasteiger partial charge is 0.366 e.